The molecule has 4 rings (SSSR count). The first-order chi connectivity index (χ1) is 8.68. The minimum absolute atomic E-state index is 0.0717. The molecular weight excluding hydrogens is 250 g/mol. The molecule has 0 aliphatic heterocycles. The Bertz CT molecular complexity index is 700. The summed E-state index contributed by atoms with van der Waals surface area (Å²) in [7, 11) is 0. The molecule has 2 aromatic heterocycles. The Morgan fingerprint density at radius 3 is 2.50 bits per heavy atom. The lowest BCUT2D eigenvalue weighted by Crippen LogP contribution is -2.24. The maximum atomic E-state index is 6.33. The maximum absolute atomic E-state index is 6.33. The van der Waals surface area contributed by atoms with Gasteiger partial charge in [-0.2, -0.15) is 0 Å². The van der Waals surface area contributed by atoms with E-state index in [4.69, 9.17) is 26.2 Å². The quantitative estimate of drug-likeness (QED) is 0.762. The molecule has 2 N–H and O–H groups in total. The molecule has 2 heterocycles. The number of hydrogen-bond donors (Lipinski definition) is 1. The first-order valence-electron chi connectivity index (χ1n) is 6.02. The number of rotatable bonds is 2. The molecule has 4 heteroatoms. The van der Waals surface area contributed by atoms with E-state index < -0.39 is 0 Å². The summed E-state index contributed by atoms with van der Waals surface area (Å²) >= 11 is 6.33. The summed E-state index contributed by atoms with van der Waals surface area (Å²) in [6, 6.07) is 3.81. The standard InChI is InChI=1S/C14H12ClNO2/c15-11-9-2-6-17-12(9)10(7-14(16)3-4-14)8-1-5-18-13(8)11/h1-2,5-6H,3-4,7,16H2. The van der Waals surface area contributed by atoms with Crippen molar-refractivity contribution >= 4 is 33.5 Å². The Labute approximate surface area is 108 Å². The molecule has 1 aliphatic rings. The van der Waals surface area contributed by atoms with Crippen LogP contribution in [-0.4, -0.2) is 5.54 Å². The molecule has 1 saturated carbocycles. The Hall–Kier alpha value is -1.45. The third-order valence-electron chi connectivity index (χ3n) is 3.79. The number of hydrogen-bond acceptors (Lipinski definition) is 3. The highest BCUT2D eigenvalue weighted by Gasteiger charge is 2.39. The first-order valence-corrected chi connectivity index (χ1v) is 6.39. The van der Waals surface area contributed by atoms with Crippen molar-refractivity contribution in [2.24, 2.45) is 5.73 Å². The first kappa shape index (κ1) is 10.5. The zero-order valence-electron chi connectivity index (χ0n) is 9.70. The summed E-state index contributed by atoms with van der Waals surface area (Å²) in [5.74, 6) is 0. The van der Waals surface area contributed by atoms with Crippen LogP contribution < -0.4 is 5.73 Å². The van der Waals surface area contributed by atoms with Gasteiger partial charge in [0.05, 0.1) is 17.5 Å². The molecule has 0 atom stereocenters. The van der Waals surface area contributed by atoms with E-state index in [0.29, 0.717) is 5.02 Å². The van der Waals surface area contributed by atoms with Crippen LogP contribution in [0.2, 0.25) is 5.02 Å². The average Bonchev–Trinajstić information content (AvgIpc) is 2.87. The third kappa shape index (κ3) is 1.35. The number of nitrogens with two attached hydrogens (primary N) is 1. The van der Waals surface area contributed by atoms with Crippen LogP contribution in [0.3, 0.4) is 0 Å². The van der Waals surface area contributed by atoms with Crippen LogP contribution in [0.25, 0.3) is 21.9 Å². The van der Waals surface area contributed by atoms with Gasteiger partial charge in [0.15, 0.2) is 5.58 Å². The molecule has 0 amide bonds. The van der Waals surface area contributed by atoms with Crippen molar-refractivity contribution in [2.75, 3.05) is 0 Å². The van der Waals surface area contributed by atoms with Gasteiger partial charge in [0.25, 0.3) is 0 Å². The van der Waals surface area contributed by atoms with Crippen LogP contribution in [0, 0.1) is 0 Å². The molecule has 3 nitrogen and oxygen atoms in total. The van der Waals surface area contributed by atoms with Crippen molar-refractivity contribution in [3.63, 3.8) is 0 Å². The van der Waals surface area contributed by atoms with Gasteiger partial charge in [-0.15, -0.1) is 0 Å². The Balaban J connectivity index is 2.08. The van der Waals surface area contributed by atoms with Crippen LogP contribution in [0.15, 0.2) is 33.5 Å². The average molecular weight is 262 g/mol. The Morgan fingerprint density at radius 2 is 1.78 bits per heavy atom. The predicted molar refractivity (Wildman–Crippen MR) is 70.9 cm³/mol. The van der Waals surface area contributed by atoms with Crippen molar-refractivity contribution in [3.8, 4) is 0 Å². The van der Waals surface area contributed by atoms with Crippen molar-refractivity contribution in [1.82, 2.24) is 0 Å². The second-order valence-corrected chi connectivity index (χ2v) is 5.54. The minimum Gasteiger partial charge on any atom is -0.464 e. The summed E-state index contributed by atoms with van der Waals surface area (Å²) in [5.41, 5.74) is 8.84. The van der Waals surface area contributed by atoms with Crippen molar-refractivity contribution < 1.29 is 8.83 Å². The summed E-state index contributed by atoms with van der Waals surface area (Å²) < 4.78 is 11.1. The molecule has 0 unspecified atom stereocenters. The SMILES string of the molecule is NC1(Cc2c3ccoc3c(Cl)c3ccoc23)CC1. The summed E-state index contributed by atoms with van der Waals surface area (Å²) in [6.07, 6.45) is 6.27. The van der Waals surface area contributed by atoms with E-state index in [1.165, 1.54) is 0 Å². The highest BCUT2D eigenvalue weighted by atomic mass is 35.5. The fourth-order valence-electron chi connectivity index (χ4n) is 2.54. The highest BCUT2D eigenvalue weighted by Crippen LogP contribution is 2.42. The second kappa shape index (κ2) is 3.31. The predicted octanol–water partition coefficient (Wildman–Crippen LogP) is 3.87. The largest absolute Gasteiger partial charge is 0.464 e. The Kier molecular flexibility index (Phi) is 1.92. The normalized spacial score (nSPS) is 17.7. The van der Waals surface area contributed by atoms with E-state index in [9.17, 15) is 0 Å². The fraction of sp³-hybridized carbons (Fsp3) is 0.286. The van der Waals surface area contributed by atoms with E-state index in [0.717, 1.165) is 46.8 Å². The number of furan rings is 2. The molecule has 0 radical (unpaired) electrons. The van der Waals surface area contributed by atoms with Gasteiger partial charge in [0.2, 0.25) is 0 Å². The fourth-order valence-corrected chi connectivity index (χ4v) is 2.84. The molecular formula is C14H12ClNO2. The van der Waals surface area contributed by atoms with Gasteiger partial charge in [0, 0.05) is 21.9 Å². The lowest BCUT2D eigenvalue weighted by atomic mass is 9.99. The van der Waals surface area contributed by atoms with E-state index >= 15 is 0 Å². The van der Waals surface area contributed by atoms with Gasteiger partial charge in [-0.3, -0.25) is 0 Å². The number of halogens is 1. The van der Waals surface area contributed by atoms with Crippen molar-refractivity contribution in [3.05, 3.63) is 35.2 Å². The van der Waals surface area contributed by atoms with Crippen LogP contribution in [0.1, 0.15) is 18.4 Å². The van der Waals surface area contributed by atoms with Gasteiger partial charge in [-0.25, -0.2) is 0 Å². The van der Waals surface area contributed by atoms with Gasteiger partial charge >= 0.3 is 0 Å². The molecule has 3 aromatic rings. The number of fused-ring (bicyclic) bond motifs is 2. The van der Waals surface area contributed by atoms with Gasteiger partial charge < -0.3 is 14.6 Å². The van der Waals surface area contributed by atoms with Crippen molar-refractivity contribution in [2.45, 2.75) is 24.8 Å². The van der Waals surface area contributed by atoms with Crippen LogP contribution in [0.4, 0.5) is 0 Å². The van der Waals surface area contributed by atoms with Crippen LogP contribution in [0.5, 0.6) is 0 Å². The third-order valence-corrected chi connectivity index (χ3v) is 4.16. The van der Waals surface area contributed by atoms with Crippen molar-refractivity contribution in [1.29, 1.82) is 0 Å². The molecule has 92 valence electrons. The minimum atomic E-state index is -0.0717. The van der Waals surface area contributed by atoms with Gasteiger partial charge in [-0.1, -0.05) is 11.6 Å². The lowest BCUT2D eigenvalue weighted by molar-refractivity contribution is 0.600. The van der Waals surface area contributed by atoms with E-state index in [1.807, 2.05) is 12.1 Å². The molecule has 0 saturated heterocycles. The van der Waals surface area contributed by atoms with Gasteiger partial charge in [-0.05, 0) is 31.4 Å². The van der Waals surface area contributed by atoms with Gasteiger partial charge in [0.1, 0.15) is 5.58 Å². The summed E-state index contributed by atoms with van der Waals surface area (Å²) in [5, 5.41) is 2.53. The zero-order chi connectivity index (χ0) is 12.3. The molecule has 1 aromatic carbocycles. The van der Waals surface area contributed by atoms with E-state index in [-0.39, 0.29) is 5.54 Å². The maximum Gasteiger partial charge on any atom is 0.153 e. The molecule has 0 spiro atoms. The monoisotopic (exact) mass is 261 g/mol. The lowest BCUT2D eigenvalue weighted by Gasteiger charge is -2.10. The number of benzene rings is 1. The van der Waals surface area contributed by atoms with E-state index in [2.05, 4.69) is 0 Å². The van der Waals surface area contributed by atoms with E-state index in [1.54, 1.807) is 12.5 Å². The summed E-state index contributed by atoms with van der Waals surface area (Å²) in [4.78, 5) is 0. The summed E-state index contributed by atoms with van der Waals surface area (Å²) in [6.45, 7) is 0. The Morgan fingerprint density at radius 1 is 1.11 bits per heavy atom. The smallest absolute Gasteiger partial charge is 0.153 e. The second-order valence-electron chi connectivity index (χ2n) is 5.16. The molecule has 18 heavy (non-hydrogen) atoms. The topological polar surface area (TPSA) is 52.3 Å². The molecule has 0 bridgehead atoms. The molecule has 1 fully saturated rings. The molecule has 1 aliphatic carbocycles. The zero-order valence-corrected chi connectivity index (χ0v) is 10.5. The van der Waals surface area contributed by atoms with Crippen LogP contribution >= 0.6 is 11.6 Å². The highest BCUT2D eigenvalue weighted by molar-refractivity contribution is 6.40. The van der Waals surface area contributed by atoms with Crippen LogP contribution in [-0.2, 0) is 6.42 Å².